The molecule has 3 rings (SSSR count). The third kappa shape index (κ3) is 3.72. The van der Waals surface area contributed by atoms with Gasteiger partial charge in [0.2, 0.25) is 0 Å². The monoisotopic (exact) mass is 410 g/mol. The van der Waals surface area contributed by atoms with Gasteiger partial charge in [0.25, 0.3) is 5.91 Å². The van der Waals surface area contributed by atoms with Gasteiger partial charge in [-0.2, -0.15) is 5.10 Å². The number of aromatic nitrogens is 4. The number of anilines is 1. The topological polar surface area (TPSA) is 75.9 Å². The van der Waals surface area contributed by atoms with Crippen LogP contribution in [0.3, 0.4) is 0 Å². The normalized spacial score (nSPS) is 17.8. The summed E-state index contributed by atoms with van der Waals surface area (Å²) in [4.78, 5) is 23.4. The largest absolute Gasteiger partial charge is 0.353 e. The molecule has 1 amide bonds. The Balaban J connectivity index is 1.71. The predicted octanol–water partition coefficient (Wildman–Crippen LogP) is 2.09. The Morgan fingerprint density at radius 2 is 2.33 bits per heavy atom. The highest BCUT2D eigenvalue weighted by atomic mass is 79.9. The molecular weight excluding hydrogens is 392 g/mol. The molecule has 7 nitrogen and oxygen atoms in total. The first-order valence-corrected chi connectivity index (χ1v) is 9.70. The molecule has 0 radical (unpaired) electrons. The van der Waals surface area contributed by atoms with E-state index in [1.807, 2.05) is 6.26 Å². The van der Waals surface area contributed by atoms with Crippen molar-refractivity contribution in [3.63, 3.8) is 0 Å². The smallest absolute Gasteiger partial charge is 0.269 e. The lowest BCUT2D eigenvalue weighted by Gasteiger charge is -2.34. The Morgan fingerprint density at radius 1 is 1.50 bits per heavy atom. The molecule has 2 aromatic heterocycles. The van der Waals surface area contributed by atoms with E-state index in [1.165, 1.54) is 11.8 Å². The predicted molar refractivity (Wildman–Crippen MR) is 97.4 cm³/mol. The second-order valence-corrected chi connectivity index (χ2v) is 7.25. The summed E-state index contributed by atoms with van der Waals surface area (Å²) < 4.78 is 2.46. The number of nitrogens with one attached hydrogen (secondary N) is 1. The minimum absolute atomic E-state index is 0.0840. The minimum Gasteiger partial charge on any atom is -0.353 e. The molecule has 1 N–H and O–H groups in total. The molecule has 128 valence electrons. The van der Waals surface area contributed by atoms with Gasteiger partial charge < -0.3 is 10.2 Å². The molecule has 1 fully saturated rings. The van der Waals surface area contributed by atoms with Gasteiger partial charge in [0.15, 0.2) is 5.16 Å². The fourth-order valence-electron chi connectivity index (χ4n) is 2.81. The van der Waals surface area contributed by atoms with Crippen LogP contribution >= 0.6 is 27.7 Å². The lowest BCUT2D eigenvalue weighted by atomic mass is 10.1. The molecule has 2 aromatic rings. The Bertz CT molecular complexity index is 737. The van der Waals surface area contributed by atoms with E-state index in [4.69, 9.17) is 0 Å². The molecule has 9 heteroatoms. The summed E-state index contributed by atoms with van der Waals surface area (Å²) in [6.07, 6.45) is 7.33. The summed E-state index contributed by atoms with van der Waals surface area (Å²) in [7, 11) is 1.77. The summed E-state index contributed by atoms with van der Waals surface area (Å²) in [6, 6.07) is 1.81. The van der Waals surface area contributed by atoms with Crippen LogP contribution in [-0.2, 0) is 7.05 Å². The molecule has 1 atom stereocenters. The van der Waals surface area contributed by atoms with Crippen molar-refractivity contribution in [2.45, 2.75) is 24.0 Å². The SMILES string of the molecule is CSc1ncc(Br)c(N2CCCC(NC(=O)c3ccnn3C)C2)n1. The zero-order valence-electron chi connectivity index (χ0n) is 13.6. The number of thioether (sulfide) groups is 1. The van der Waals surface area contributed by atoms with E-state index in [2.05, 4.69) is 41.2 Å². The molecule has 0 aliphatic carbocycles. The average molecular weight is 411 g/mol. The number of carbonyl (C=O) groups is 1. The van der Waals surface area contributed by atoms with Crippen LogP contribution in [0.5, 0.6) is 0 Å². The van der Waals surface area contributed by atoms with Gasteiger partial charge in [0, 0.05) is 38.6 Å². The summed E-state index contributed by atoms with van der Waals surface area (Å²) in [5, 5.41) is 7.89. The van der Waals surface area contributed by atoms with Crippen LogP contribution in [0.1, 0.15) is 23.3 Å². The van der Waals surface area contributed by atoms with E-state index in [0.717, 1.165) is 41.4 Å². The number of amides is 1. The van der Waals surface area contributed by atoms with E-state index in [1.54, 1.807) is 30.2 Å². The van der Waals surface area contributed by atoms with E-state index < -0.39 is 0 Å². The van der Waals surface area contributed by atoms with Gasteiger partial charge in [-0.15, -0.1) is 0 Å². The highest BCUT2D eigenvalue weighted by Gasteiger charge is 2.25. The van der Waals surface area contributed by atoms with Gasteiger partial charge in [0.05, 0.1) is 4.47 Å². The van der Waals surface area contributed by atoms with Crippen LogP contribution in [-0.4, -0.2) is 51.0 Å². The molecular formula is C15H19BrN6OS. The molecule has 1 unspecified atom stereocenters. The van der Waals surface area contributed by atoms with Crippen molar-refractivity contribution in [2.24, 2.45) is 7.05 Å². The van der Waals surface area contributed by atoms with E-state index in [9.17, 15) is 4.79 Å². The fourth-order valence-corrected chi connectivity index (χ4v) is 3.58. The van der Waals surface area contributed by atoms with Crippen LogP contribution < -0.4 is 10.2 Å². The number of rotatable bonds is 4. The van der Waals surface area contributed by atoms with Crippen molar-refractivity contribution in [2.75, 3.05) is 24.2 Å². The quantitative estimate of drug-likeness (QED) is 0.614. The average Bonchev–Trinajstić information content (AvgIpc) is 3.02. The van der Waals surface area contributed by atoms with Gasteiger partial charge in [-0.1, -0.05) is 11.8 Å². The number of aryl methyl sites for hydroxylation is 1. The van der Waals surface area contributed by atoms with Crippen LogP contribution in [0.2, 0.25) is 0 Å². The third-order valence-corrected chi connectivity index (χ3v) is 5.12. The molecule has 0 spiro atoms. The maximum Gasteiger partial charge on any atom is 0.269 e. The van der Waals surface area contributed by atoms with E-state index in [-0.39, 0.29) is 11.9 Å². The number of nitrogens with zero attached hydrogens (tertiary/aromatic N) is 5. The molecule has 3 heterocycles. The summed E-state index contributed by atoms with van der Waals surface area (Å²) in [5.41, 5.74) is 0.569. The summed E-state index contributed by atoms with van der Waals surface area (Å²) in [6.45, 7) is 1.65. The number of hydrogen-bond donors (Lipinski definition) is 1. The van der Waals surface area contributed by atoms with Crippen LogP contribution in [0, 0.1) is 0 Å². The van der Waals surface area contributed by atoms with E-state index >= 15 is 0 Å². The highest BCUT2D eigenvalue weighted by molar-refractivity contribution is 9.10. The third-order valence-electron chi connectivity index (χ3n) is 4.00. The van der Waals surface area contributed by atoms with Crippen molar-refractivity contribution >= 4 is 39.4 Å². The molecule has 24 heavy (non-hydrogen) atoms. The van der Waals surface area contributed by atoms with Crippen molar-refractivity contribution in [3.05, 3.63) is 28.6 Å². The second-order valence-electron chi connectivity index (χ2n) is 5.63. The van der Waals surface area contributed by atoms with Gasteiger partial charge in [-0.25, -0.2) is 9.97 Å². The van der Waals surface area contributed by atoms with Crippen LogP contribution in [0.15, 0.2) is 28.1 Å². The standard InChI is InChI=1S/C15H19BrN6OS/c1-21-12(5-6-18-21)14(23)19-10-4-3-7-22(9-10)13-11(16)8-17-15(20-13)24-2/h5-6,8,10H,3-4,7,9H2,1-2H3,(H,19,23). The summed E-state index contributed by atoms with van der Waals surface area (Å²) in [5.74, 6) is 0.794. The molecule has 0 saturated carbocycles. The Hall–Kier alpha value is -1.61. The van der Waals surface area contributed by atoms with Crippen molar-refractivity contribution < 1.29 is 4.79 Å². The Kier molecular flexibility index (Phi) is 5.40. The lowest BCUT2D eigenvalue weighted by Crippen LogP contribution is -2.48. The van der Waals surface area contributed by atoms with Gasteiger partial charge in [-0.3, -0.25) is 9.48 Å². The Morgan fingerprint density at radius 3 is 3.04 bits per heavy atom. The molecule has 0 bridgehead atoms. The highest BCUT2D eigenvalue weighted by Crippen LogP contribution is 2.27. The first-order chi connectivity index (χ1) is 11.6. The second kappa shape index (κ2) is 7.52. The van der Waals surface area contributed by atoms with Crippen molar-refractivity contribution in [1.29, 1.82) is 0 Å². The maximum atomic E-state index is 12.4. The van der Waals surface area contributed by atoms with Crippen molar-refractivity contribution in [1.82, 2.24) is 25.1 Å². The maximum absolute atomic E-state index is 12.4. The molecule has 1 aliphatic heterocycles. The van der Waals surface area contributed by atoms with Gasteiger partial charge in [-0.05, 0) is 41.1 Å². The van der Waals surface area contributed by atoms with Gasteiger partial charge >= 0.3 is 0 Å². The van der Waals surface area contributed by atoms with Crippen molar-refractivity contribution in [3.8, 4) is 0 Å². The summed E-state index contributed by atoms with van der Waals surface area (Å²) >= 11 is 5.05. The van der Waals surface area contributed by atoms with E-state index in [0.29, 0.717) is 5.69 Å². The number of hydrogen-bond acceptors (Lipinski definition) is 6. The van der Waals surface area contributed by atoms with Gasteiger partial charge in [0.1, 0.15) is 11.5 Å². The molecule has 1 aliphatic rings. The number of halogens is 1. The number of piperidine rings is 1. The first-order valence-electron chi connectivity index (χ1n) is 7.69. The molecule has 0 aromatic carbocycles. The first kappa shape index (κ1) is 17.2. The zero-order chi connectivity index (χ0) is 17.1. The lowest BCUT2D eigenvalue weighted by molar-refractivity contribution is 0.0923. The molecule has 1 saturated heterocycles. The minimum atomic E-state index is -0.0894. The van der Waals surface area contributed by atoms with Crippen LogP contribution in [0.25, 0.3) is 0 Å². The van der Waals surface area contributed by atoms with Crippen LogP contribution in [0.4, 0.5) is 5.82 Å². The fraction of sp³-hybridized carbons (Fsp3) is 0.467. The Labute approximate surface area is 153 Å². The zero-order valence-corrected chi connectivity index (χ0v) is 16.0. The number of carbonyl (C=O) groups excluding carboxylic acids is 1.